The molecule has 84 valence electrons. The Labute approximate surface area is 94.9 Å². The zero-order valence-corrected chi connectivity index (χ0v) is 9.27. The minimum absolute atomic E-state index is 0.112. The summed E-state index contributed by atoms with van der Waals surface area (Å²) in [5.41, 5.74) is 0.609. The zero-order chi connectivity index (χ0) is 11.7. The predicted molar refractivity (Wildman–Crippen MR) is 60.2 cm³/mol. The minimum Gasteiger partial charge on any atom is -0.478 e. The maximum absolute atomic E-state index is 13.1. The Morgan fingerprint density at radius 1 is 1.62 bits per heavy atom. The molecule has 0 atom stereocenters. The number of hydrogen-bond donors (Lipinski definition) is 2. The summed E-state index contributed by atoms with van der Waals surface area (Å²) in [4.78, 5) is 17.9. The van der Waals surface area contributed by atoms with Crippen LogP contribution in [0.25, 0.3) is 11.0 Å². The normalized spacial score (nSPS) is 10.9. The summed E-state index contributed by atoms with van der Waals surface area (Å²) in [7, 11) is 0. The number of nitrogens with one attached hydrogen (secondary N) is 1. The van der Waals surface area contributed by atoms with E-state index in [4.69, 9.17) is 5.11 Å². The molecule has 0 spiro atoms. The van der Waals surface area contributed by atoms with Crippen LogP contribution in [0.2, 0.25) is 0 Å². The third-order valence-electron chi connectivity index (χ3n) is 2.11. The van der Waals surface area contributed by atoms with Gasteiger partial charge in [0, 0.05) is 0 Å². The van der Waals surface area contributed by atoms with Gasteiger partial charge >= 0.3 is 5.97 Å². The summed E-state index contributed by atoms with van der Waals surface area (Å²) in [6.07, 6.45) is 1.91. The number of carboxylic acid groups (broad SMARTS) is 1. The van der Waals surface area contributed by atoms with Gasteiger partial charge in [-0.05, 0) is 18.4 Å². The Balaban J connectivity index is 2.65. The van der Waals surface area contributed by atoms with Crippen LogP contribution in [0.15, 0.2) is 12.1 Å². The first-order chi connectivity index (χ1) is 7.61. The number of nitrogens with zero attached hydrogens (tertiary/aromatic N) is 1. The van der Waals surface area contributed by atoms with Crippen molar-refractivity contribution in [3.63, 3.8) is 0 Å². The number of benzene rings is 1. The standard InChI is InChI=1S/C10H9FN2O2S/c1-16-4-8-12-7-3-5(11)2-6(10(14)15)9(7)13-8/h2-3H,4H2,1H3,(H,12,13)(H,14,15). The van der Waals surface area contributed by atoms with Crippen LogP contribution >= 0.6 is 11.8 Å². The highest BCUT2D eigenvalue weighted by Crippen LogP contribution is 2.20. The molecular formula is C10H9FN2O2S. The first-order valence-corrected chi connectivity index (χ1v) is 5.91. The lowest BCUT2D eigenvalue weighted by Crippen LogP contribution is -1.98. The van der Waals surface area contributed by atoms with E-state index in [0.717, 1.165) is 6.07 Å². The fourth-order valence-electron chi connectivity index (χ4n) is 1.50. The molecule has 0 fully saturated rings. The predicted octanol–water partition coefficient (Wildman–Crippen LogP) is 2.26. The van der Waals surface area contributed by atoms with Crippen molar-refractivity contribution in [1.29, 1.82) is 0 Å². The number of fused-ring (bicyclic) bond motifs is 1. The molecule has 16 heavy (non-hydrogen) atoms. The van der Waals surface area contributed by atoms with Crippen molar-refractivity contribution in [2.24, 2.45) is 0 Å². The van der Waals surface area contributed by atoms with Crippen LogP contribution in [0.3, 0.4) is 0 Å². The number of aromatic carboxylic acids is 1. The molecule has 0 amide bonds. The highest BCUT2D eigenvalue weighted by Gasteiger charge is 2.14. The van der Waals surface area contributed by atoms with Gasteiger partial charge in [0.05, 0.1) is 16.8 Å². The van der Waals surface area contributed by atoms with Crippen LogP contribution in [0, 0.1) is 5.82 Å². The Hall–Kier alpha value is -1.56. The first kappa shape index (κ1) is 10.9. The van der Waals surface area contributed by atoms with E-state index in [2.05, 4.69) is 9.97 Å². The van der Waals surface area contributed by atoms with E-state index < -0.39 is 11.8 Å². The summed E-state index contributed by atoms with van der Waals surface area (Å²) >= 11 is 1.55. The molecule has 1 aromatic carbocycles. The Morgan fingerprint density at radius 2 is 2.38 bits per heavy atom. The van der Waals surface area contributed by atoms with Crippen LogP contribution in [-0.2, 0) is 5.75 Å². The molecule has 0 aliphatic rings. The number of carboxylic acids is 1. The van der Waals surface area contributed by atoms with Gasteiger partial charge in [-0.1, -0.05) is 0 Å². The number of hydrogen-bond acceptors (Lipinski definition) is 3. The van der Waals surface area contributed by atoms with Gasteiger partial charge in [-0.25, -0.2) is 14.2 Å². The third-order valence-corrected chi connectivity index (χ3v) is 2.67. The summed E-state index contributed by atoms with van der Waals surface area (Å²) < 4.78 is 13.1. The molecule has 0 aliphatic carbocycles. The average Bonchev–Trinajstić information content (AvgIpc) is 2.59. The number of halogens is 1. The second-order valence-corrected chi connectivity index (χ2v) is 4.14. The molecular weight excluding hydrogens is 231 g/mol. The van der Waals surface area contributed by atoms with E-state index in [-0.39, 0.29) is 5.56 Å². The molecule has 0 aliphatic heterocycles. The lowest BCUT2D eigenvalue weighted by Gasteiger charge is -1.95. The molecule has 0 saturated carbocycles. The van der Waals surface area contributed by atoms with Crippen LogP contribution in [0.1, 0.15) is 16.2 Å². The molecule has 4 nitrogen and oxygen atoms in total. The molecule has 2 aromatic rings. The van der Waals surface area contributed by atoms with Crippen LogP contribution in [-0.4, -0.2) is 27.3 Å². The third kappa shape index (κ3) is 1.88. The van der Waals surface area contributed by atoms with Crippen molar-refractivity contribution in [1.82, 2.24) is 9.97 Å². The monoisotopic (exact) mass is 240 g/mol. The van der Waals surface area contributed by atoms with Gasteiger partial charge in [0.15, 0.2) is 0 Å². The maximum Gasteiger partial charge on any atom is 0.338 e. The van der Waals surface area contributed by atoms with E-state index in [1.54, 1.807) is 11.8 Å². The molecule has 6 heteroatoms. The second-order valence-electron chi connectivity index (χ2n) is 3.27. The number of aromatic nitrogens is 2. The van der Waals surface area contributed by atoms with Gasteiger partial charge in [0.2, 0.25) is 0 Å². The van der Waals surface area contributed by atoms with Gasteiger partial charge in [-0.15, -0.1) is 0 Å². The van der Waals surface area contributed by atoms with Crippen molar-refractivity contribution >= 4 is 28.8 Å². The average molecular weight is 240 g/mol. The molecule has 2 N–H and O–H groups in total. The number of H-pyrrole nitrogens is 1. The summed E-state index contributed by atoms with van der Waals surface area (Å²) in [6, 6.07) is 2.23. The fraction of sp³-hybridized carbons (Fsp3) is 0.200. The Bertz CT molecular complexity index is 553. The molecule has 0 radical (unpaired) electrons. The number of thioether (sulfide) groups is 1. The van der Waals surface area contributed by atoms with Crippen LogP contribution in [0.4, 0.5) is 4.39 Å². The topological polar surface area (TPSA) is 66.0 Å². The van der Waals surface area contributed by atoms with Gasteiger partial charge in [-0.3, -0.25) is 0 Å². The van der Waals surface area contributed by atoms with E-state index in [1.807, 2.05) is 6.26 Å². The van der Waals surface area contributed by atoms with E-state index in [1.165, 1.54) is 6.07 Å². The lowest BCUT2D eigenvalue weighted by molar-refractivity contribution is 0.0698. The largest absolute Gasteiger partial charge is 0.478 e. The van der Waals surface area contributed by atoms with Crippen molar-refractivity contribution < 1.29 is 14.3 Å². The van der Waals surface area contributed by atoms with Gasteiger partial charge in [0.25, 0.3) is 0 Å². The maximum atomic E-state index is 13.1. The van der Waals surface area contributed by atoms with Crippen molar-refractivity contribution in [2.45, 2.75) is 5.75 Å². The van der Waals surface area contributed by atoms with Crippen LogP contribution in [0.5, 0.6) is 0 Å². The number of imidazole rings is 1. The summed E-state index contributed by atoms with van der Waals surface area (Å²) in [5, 5.41) is 8.92. The quantitative estimate of drug-likeness (QED) is 0.863. The van der Waals surface area contributed by atoms with Gasteiger partial charge in [0.1, 0.15) is 17.2 Å². The first-order valence-electron chi connectivity index (χ1n) is 4.52. The van der Waals surface area contributed by atoms with Crippen molar-refractivity contribution in [3.8, 4) is 0 Å². The lowest BCUT2D eigenvalue weighted by atomic mass is 10.2. The molecule has 1 aromatic heterocycles. The number of carbonyl (C=O) groups is 1. The van der Waals surface area contributed by atoms with E-state index >= 15 is 0 Å². The molecule has 0 bridgehead atoms. The summed E-state index contributed by atoms with van der Waals surface area (Å²) in [6.45, 7) is 0. The highest BCUT2D eigenvalue weighted by atomic mass is 32.2. The molecule has 0 saturated heterocycles. The molecule has 0 unspecified atom stereocenters. The Kier molecular flexibility index (Phi) is 2.82. The van der Waals surface area contributed by atoms with Crippen LogP contribution < -0.4 is 0 Å². The minimum atomic E-state index is -1.17. The highest BCUT2D eigenvalue weighted by molar-refractivity contribution is 7.97. The fourth-order valence-corrected chi connectivity index (χ4v) is 1.91. The number of aromatic amines is 1. The smallest absolute Gasteiger partial charge is 0.338 e. The SMILES string of the molecule is CSCc1nc2c(C(=O)O)cc(F)cc2[nH]1. The van der Waals surface area contributed by atoms with Crippen molar-refractivity contribution in [3.05, 3.63) is 29.3 Å². The van der Waals surface area contributed by atoms with E-state index in [0.29, 0.717) is 22.6 Å². The zero-order valence-electron chi connectivity index (χ0n) is 8.45. The molecule has 1 heterocycles. The van der Waals surface area contributed by atoms with Crippen molar-refractivity contribution in [2.75, 3.05) is 6.26 Å². The second kappa shape index (κ2) is 4.13. The Morgan fingerprint density at radius 3 is 3.00 bits per heavy atom. The number of rotatable bonds is 3. The van der Waals surface area contributed by atoms with Gasteiger partial charge in [-0.2, -0.15) is 11.8 Å². The summed E-state index contributed by atoms with van der Waals surface area (Å²) in [5.74, 6) is -0.471. The van der Waals surface area contributed by atoms with Gasteiger partial charge < -0.3 is 10.1 Å². The molecule has 2 rings (SSSR count). The van der Waals surface area contributed by atoms with E-state index in [9.17, 15) is 9.18 Å².